The number of aromatic nitrogens is 2. The Kier molecular flexibility index (Phi) is 3.41. The summed E-state index contributed by atoms with van der Waals surface area (Å²) >= 11 is 5.26. The van der Waals surface area contributed by atoms with E-state index in [0.717, 1.165) is 17.0 Å². The van der Waals surface area contributed by atoms with Crippen molar-refractivity contribution in [3.05, 3.63) is 69.5 Å². The number of hydrogen-bond acceptors (Lipinski definition) is 4. The largest absolute Gasteiger partial charge is 0.467 e. The van der Waals surface area contributed by atoms with Crippen molar-refractivity contribution in [2.75, 3.05) is 0 Å². The molecule has 0 unspecified atom stereocenters. The van der Waals surface area contributed by atoms with Gasteiger partial charge in [-0.3, -0.25) is 10.1 Å². The fourth-order valence-corrected chi connectivity index (χ4v) is 2.35. The van der Waals surface area contributed by atoms with Gasteiger partial charge in [0.15, 0.2) is 4.77 Å². The van der Waals surface area contributed by atoms with E-state index in [0.29, 0.717) is 11.3 Å². The molecule has 1 N–H and O–H groups in total. The molecule has 0 bridgehead atoms. The third-order valence-electron chi connectivity index (χ3n) is 3.12. The third kappa shape index (κ3) is 2.63. The van der Waals surface area contributed by atoms with E-state index in [2.05, 4.69) is 4.98 Å². The highest BCUT2D eigenvalue weighted by Gasteiger charge is 2.12. The summed E-state index contributed by atoms with van der Waals surface area (Å²) in [5.41, 5.74) is 1.55. The normalized spacial score (nSPS) is 10.7. The fraction of sp³-hybridized carbons (Fsp3) is 0.0714. The van der Waals surface area contributed by atoms with Crippen molar-refractivity contribution < 1.29 is 9.34 Å². The molecule has 0 saturated carbocycles. The number of H-pyrrole nitrogens is 1. The van der Waals surface area contributed by atoms with E-state index >= 15 is 0 Å². The van der Waals surface area contributed by atoms with Crippen LogP contribution in [0.3, 0.4) is 0 Å². The van der Waals surface area contributed by atoms with Crippen molar-refractivity contribution in [2.45, 2.75) is 6.54 Å². The van der Waals surface area contributed by atoms with E-state index < -0.39 is 4.92 Å². The van der Waals surface area contributed by atoms with Gasteiger partial charge in [-0.2, -0.15) is 0 Å². The Hall–Kier alpha value is -2.67. The molecule has 2 heterocycles. The number of nitrogens with zero attached hydrogens (tertiary/aromatic N) is 2. The minimum Gasteiger partial charge on any atom is -0.467 e. The van der Waals surface area contributed by atoms with Crippen LogP contribution in [0.5, 0.6) is 0 Å². The third-order valence-corrected chi connectivity index (χ3v) is 3.45. The molecule has 0 fully saturated rings. The van der Waals surface area contributed by atoms with Gasteiger partial charge in [0.2, 0.25) is 0 Å². The van der Waals surface area contributed by atoms with Crippen LogP contribution in [0.25, 0.3) is 11.3 Å². The number of hydrogen-bond donors (Lipinski definition) is 1. The summed E-state index contributed by atoms with van der Waals surface area (Å²) in [6.07, 6.45) is 3.34. The van der Waals surface area contributed by atoms with Gasteiger partial charge in [-0.05, 0) is 24.4 Å². The average Bonchev–Trinajstić information content (AvgIpc) is 3.11. The Morgan fingerprint density at radius 1 is 1.33 bits per heavy atom. The number of imidazole rings is 1. The Labute approximate surface area is 124 Å². The highest BCUT2D eigenvalue weighted by Crippen LogP contribution is 2.24. The molecule has 0 radical (unpaired) electrons. The minimum absolute atomic E-state index is 0.0455. The number of non-ortho nitro benzene ring substituents is 1. The average molecular weight is 301 g/mol. The molecule has 106 valence electrons. The highest BCUT2D eigenvalue weighted by molar-refractivity contribution is 7.71. The molecular formula is C14H11N3O3S. The molecule has 0 atom stereocenters. The molecule has 0 aliphatic heterocycles. The molecule has 6 nitrogen and oxygen atoms in total. The van der Waals surface area contributed by atoms with Gasteiger partial charge >= 0.3 is 0 Å². The molecule has 0 aliphatic rings. The monoisotopic (exact) mass is 301 g/mol. The topological polar surface area (TPSA) is 77.0 Å². The molecule has 0 aliphatic carbocycles. The van der Waals surface area contributed by atoms with Gasteiger partial charge in [-0.1, -0.05) is 12.1 Å². The van der Waals surface area contributed by atoms with Crippen LogP contribution in [0.15, 0.2) is 53.3 Å². The second-order valence-electron chi connectivity index (χ2n) is 4.45. The second-order valence-corrected chi connectivity index (χ2v) is 4.84. The maximum Gasteiger partial charge on any atom is 0.270 e. The highest BCUT2D eigenvalue weighted by atomic mass is 32.1. The number of nitrogens with one attached hydrogen (secondary N) is 1. The molecule has 1 aromatic carbocycles. The Morgan fingerprint density at radius 3 is 2.90 bits per heavy atom. The van der Waals surface area contributed by atoms with E-state index in [9.17, 15) is 10.1 Å². The molecule has 0 spiro atoms. The van der Waals surface area contributed by atoms with Crippen molar-refractivity contribution >= 4 is 17.9 Å². The van der Waals surface area contributed by atoms with E-state index in [1.165, 1.54) is 12.1 Å². The Bertz CT molecular complexity index is 833. The summed E-state index contributed by atoms with van der Waals surface area (Å²) in [5.74, 6) is 0.761. The zero-order valence-electron chi connectivity index (χ0n) is 10.9. The first-order valence-corrected chi connectivity index (χ1v) is 6.61. The SMILES string of the molecule is O=[N+]([O-])c1cccc(-c2c[nH]c(=S)n2Cc2ccco2)c1. The van der Waals surface area contributed by atoms with Gasteiger partial charge in [0, 0.05) is 23.9 Å². The zero-order valence-corrected chi connectivity index (χ0v) is 11.7. The van der Waals surface area contributed by atoms with Crippen molar-refractivity contribution in [1.82, 2.24) is 9.55 Å². The number of rotatable bonds is 4. The number of nitro groups is 1. The second kappa shape index (κ2) is 5.37. The quantitative estimate of drug-likeness (QED) is 0.452. The van der Waals surface area contributed by atoms with Crippen LogP contribution in [-0.2, 0) is 6.54 Å². The van der Waals surface area contributed by atoms with E-state index in [1.807, 2.05) is 16.7 Å². The molecule has 3 aromatic rings. The van der Waals surface area contributed by atoms with Crippen LogP contribution < -0.4 is 0 Å². The predicted molar refractivity (Wildman–Crippen MR) is 79.5 cm³/mol. The number of benzene rings is 1. The molecule has 0 amide bonds. The lowest BCUT2D eigenvalue weighted by Crippen LogP contribution is -2.01. The summed E-state index contributed by atoms with van der Waals surface area (Å²) in [4.78, 5) is 13.4. The number of aromatic amines is 1. The van der Waals surface area contributed by atoms with Gasteiger partial charge in [0.05, 0.1) is 23.4 Å². The summed E-state index contributed by atoms with van der Waals surface area (Å²) < 4.78 is 7.70. The Morgan fingerprint density at radius 2 is 2.19 bits per heavy atom. The van der Waals surface area contributed by atoms with Gasteiger partial charge < -0.3 is 14.0 Å². The first-order chi connectivity index (χ1) is 10.1. The van der Waals surface area contributed by atoms with E-state index in [1.54, 1.807) is 24.6 Å². The van der Waals surface area contributed by atoms with E-state index in [4.69, 9.17) is 16.6 Å². The maximum atomic E-state index is 10.9. The van der Waals surface area contributed by atoms with Crippen LogP contribution in [0.2, 0.25) is 0 Å². The molecule has 21 heavy (non-hydrogen) atoms. The zero-order chi connectivity index (χ0) is 14.8. The van der Waals surface area contributed by atoms with Gasteiger partial charge in [-0.15, -0.1) is 0 Å². The lowest BCUT2D eigenvalue weighted by molar-refractivity contribution is -0.384. The van der Waals surface area contributed by atoms with E-state index in [-0.39, 0.29) is 5.69 Å². The summed E-state index contributed by atoms with van der Waals surface area (Å²) in [5, 5.41) is 10.9. The Balaban J connectivity index is 2.05. The summed E-state index contributed by atoms with van der Waals surface area (Å²) in [6, 6.07) is 10.1. The van der Waals surface area contributed by atoms with Gasteiger partial charge in [0.1, 0.15) is 5.76 Å². The summed E-state index contributed by atoms with van der Waals surface area (Å²) in [6.45, 7) is 0.466. The minimum atomic E-state index is -0.415. The van der Waals surface area contributed by atoms with Crippen LogP contribution in [0, 0.1) is 14.9 Å². The van der Waals surface area contributed by atoms with Crippen molar-refractivity contribution in [3.8, 4) is 11.3 Å². The van der Waals surface area contributed by atoms with Crippen LogP contribution in [0.4, 0.5) is 5.69 Å². The number of nitro benzene ring substituents is 1. The van der Waals surface area contributed by atoms with Crippen molar-refractivity contribution in [3.63, 3.8) is 0 Å². The van der Waals surface area contributed by atoms with Crippen molar-refractivity contribution in [2.24, 2.45) is 0 Å². The lowest BCUT2D eigenvalue weighted by atomic mass is 10.1. The molecular weight excluding hydrogens is 290 g/mol. The molecule has 7 heteroatoms. The predicted octanol–water partition coefficient (Wildman–Crippen LogP) is 3.76. The first kappa shape index (κ1) is 13.3. The van der Waals surface area contributed by atoms with Crippen molar-refractivity contribution in [1.29, 1.82) is 0 Å². The molecule has 3 rings (SSSR count). The van der Waals surface area contributed by atoms with Crippen LogP contribution in [0.1, 0.15) is 5.76 Å². The first-order valence-electron chi connectivity index (χ1n) is 6.20. The molecule has 2 aromatic heterocycles. The lowest BCUT2D eigenvalue weighted by Gasteiger charge is -2.06. The number of furan rings is 1. The van der Waals surface area contributed by atoms with Gasteiger partial charge in [0.25, 0.3) is 5.69 Å². The van der Waals surface area contributed by atoms with Gasteiger partial charge in [-0.25, -0.2) is 0 Å². The fourth-order valence-electron chi connectivity index (χ4n) is 2.13. The molecule has 0 saturated heterocycles. The van der Waals surface area contributed by atoms with Crippen LogP contribution >= 0.6 is 12.2 Å². The maximum absolute atomic E-state index is 10.9. The van der Waals surface area contributed by atoms with Crippen LogP contribution in [-0.4, -0.2) is 14.5 Å². The summed E-state index contributed by atoms with van der Waals surface area (Å²) in [7, 11) is 0. The smallest absolute Gasteiger partial charge is 0.270 e. The standard InChI is InChI=1S/C14H11N3O3S/c18-17(19)11-4-1-3-10(7-11)13-8-15-14(21)16(13)9-12-5-2-6-20-12/h1-8H,9H2,(H,15,21).